The molecule has 1 aliphatic rings. The third-order valence-corrected chi connectivity index (χ3v) is 7.64. The number of aromatic nitrogens is 2. The fraction of sp³-hybridized carbons (Fsp3) is 0.258. The van der Waals surface area contributed by atoms with E-state index in [-0.39, 0.29) is 18.4 Å². The van der Waals surface area contributed by atoms with Crippen molar-refractivity contribution in [1.82, 2.24) is 19.8 Å². The van der Waals surface area contributed by atoms with Crippen molar-refractivity contribution in [3.63, 3.8) is 0 Å². The van der Waals surface area contributed by atoms with Gasteiger partial charge in [0.2, 0.25) is 0 Å². The number of benzene rings is 2. The van der Waals surface area contributed by atoms with Gasteiger partial charge in [-0.05, 0) is 43.5 Å². The number of likely N-dealkylation sites (tertiary alicyclic amines) is 1. The van der Waals surface area contributed by atoms with Gasteiger partial charge in [-0.1, -0.05) is 30.3 Å². The average molecular weight is 539 g/mol. The molecule has 4 heterocycles. The fourth-order valence-corrected chi connectivity index (χ4v) is 5.64. The smallest absolute Gasteiger partial charge is 0.255 e. The second-order valence-corrected chi connectivity index (χ2v) is 10.4. The molecule has 1 fully saturated rings. The van der Waals surface area contributed by atoms with Crippen LogP contribution in [0.2, 0.25) is 0 Å². The highest BCUT2D eigenvalue weighted by atomic mass is 16.5. The molecule has 0 spiro atoms. The van der Waals surface area contributed by atoms with Gasteiger partial charge in [0.1, 0.15) is 22.6 Å². The number of hydrogen-bond donors (Lipinski definition) is 2. The van der Waals surface area contributed by atoms with E-state index in [0.717, 1.165) is 11.1 Å². The minimum Gasteiger partial charge on any atom is -0.460 e. The molecule has 0 saturated carbocycles. The molecule has 2 aromatic carbocycles. The zero-order chi connectivity index (χ0) is 28.0. The molecule has 5 aromatic rings. The first-order valence-corrected chi connectivity index (χ1v) is 13.2. The molecule has 2 N–H and O–H groups in total. The highest BCUT2D eigenvalue weighted by Crippen LogP contribution is 2.35. The number of fused-ring (bicyclic) bond motifs is 2. The van der Waals surface area contributed by atoms with Crippen LogP contribution in [0.5, 0.6) is 11.5 Å². The maximum atomic E-state index is 13.6. The number of carbonyl (C=O) groups excluding carboxylic acids is 2. The van der Waals surface area contributed by atoms with E-state index in [9.17, 15) is 14.7 Å². The van der Waals surface area contributed by atoms with Crippen molar-refractivity contribution >= 4 is 28.3 Å². The Hall–Kier alpha value is -4.63. The monoisotopic (exact) mass is 538 g/mol. The molecular weight excluding hydrogens is 508 g/mol. The Morgan fingerprint density at radius 3 is 2.73 bits per heavy atom. The largest absolute Gasteiger partial charge is 0.460 e. The van der Waals surface area contributed by atoms with Crippen LogP contribution < -0.4 is 10.1 Å². The van der Waals surface area contributed by atoms with E-state index in [1.165, 1.54) is 0 Å². The van der Waals surface area contributed by atoms with Crippen molar-refractivity contribution in [1.29, 1.82) is 0 Å². The topological polar surface area (TPSA) is 109 Å². The number of furan rings is 1. The Morgan fingerprint density at radius 2 is 1.95 bits per heavy atom. The Morgan fingerprint density at radius 1 is 1.15 bits per heavy atom. The molecule has 3 aromatic heterocycles. The molecule has 1 aliphatic heterocycles. The van der Waals surface area contributed by atoms with Gasteiger partial charge >= 0.3 is 0 Å². The fourth-order valence-electron chi connectivity index (χ4n) is 5.64. The van der Waals surface area contributed by atoms with Crippen molar-refractivity contribution in [3.8, 4) is 11.5 Å². The highest BCUT2D eigenvalue weighted by Gasteiger charge is 2.39. The van der Waals surface area contributed by atoms with Gasteiger partial charge in [0.25, 0.3) is 11.8 Å². The first-order chi connectivity index (χ1) is 19.3. The molecule has 1 saturated heterocycles. The van der Waals surface area contributed by atoms with Crippen LogP contribution in [0.4, 0.5) is 0 Å². The number of hydrogen-bond acceptors (Lipinski definition) is 6. The van der Waals surface area contributed by atoms with Crippen LogP contribution in [0.3, 0.4) is 0 Å². The summed E-state index contributed by atoms with van der Waals surface area (Å²) in [6.07, 6.45) is 4.34. The number of carbonyl (C=O) groups is 2. The number of nitrogens with zero attached hydrogens (tertiary/aromatic N) is 3. The Labute approximate surface area is 231 Å². The van der Waals surface area contributed by atoms with Gasteiger partial charge in [-0.3, -0.25) is 9.59 Å². The zero-order valence-corrected chi connectivity index (χ0v) is 22.6. The van der Waals surface area contributed by atoms with Gasteiger partial charge in [-0.2, -0.15) is 5.10 Å². The van der Waals surface area contributed by atoms with E-state index >= 15 is 0 Å². The third kappa shape index (κ3) is 4.48. The van der Waals surface area contributed by atoms with Gasteiger partial charge < -0.3 is 24.5 Å². The molecule has 0 bridgehead atoms. The van der Waals surface area contributed by atoms with Crippen LogP contribution in [0, 0.1) is 13.8 Å². The lowest BCUT2D eigenvalue weighted by Gasteiger charge is -2.23. The van der Waals surface area contributed by atoms with Crippen LogP contribution in [0.25, 0.3) is 16.5 Å². The van der Waals surface area contributed by atoms with Crippen LogP contribution in [0.1, 0.15) is 44.0 Å². The number of β-amino-alcohol motifs (C(OH)–C–C–N with tert-alkyl or cyclic N) is 1. The Kier molecular flexibility index (Phi) is 6.31. The molecule has 0 aliphatic carbocycles. The summed E-state index contributed by atoms with van der Waals surface area (Å²) >= 11 is 0. The van der Waals surface area contributed by atoms with Gasteiger partial charge in [0.05, 0.1) is 29.5 Å². The summed E-state index contributed by atoms with van der Waals surface area (Å²) in [5.74, 6) is 1.23. The number of ether oxygens (including phenoxy) is 1. The summed E-state index contributed by atoms with van der Waals surface area (Å²) in [6.45, 7) is 4.37. The molecule has 204 valence electrons. The summed E-state index contributed by atoms with van der Waals surface area (Å²) in [5, 5.41) is 19.0. The molecule has 0 unspecified atom stereocenters. The lowest BCUT2D eigenvalue weighted by molar-refractivity contribution is 0.0445. The first kappa shape index (κ1) is 25.6. The lowest BCUT2D eigenvalue weighted by Crippen LogP contribution is -2.37. The number of nitrogens with one attached hydrogen (secondary N) is 1. The molecule has 2 amide bonds. The SMILES string of the molecule is CNC(=O)c1c(C)oc2cc(Oc3ccnn4cc(C(=O)N5CC[C@](O)(Cc6ccccc6)C5)c(C)c34)ccc12. The van der Waals surface area contributed by atoms with Gasteiger partial charge in [0.15, 0.2) is 5.75 Å². The van der Waals surface area contributed by atoms with Crippen molar-refractivity contribution in [3.05, 3.63) is 95.0 Å². The van der Waals surface area contributed by atoms with Crippen LogP contribution in [-0.4, -0.2) is 57.2 Å². The molecule has 9 nitrogen and oxygen atoms in total. The summed E-state index contributed by atoms with van der Waals surface area (Å²) in [5.41, 5.74) is 3.05. The predicted molar refractivity (Wildman–Crippen MR) is 150 cm³/mol. The Balaban J connectivity index is 1.26. The molecule has 1 atom stereocenters. The van der Waals surface area contributed by atoms with Crippen LogP contribution in [0.15, 0.2) is 71.4 Å². The van der Waals surface area contributed by atoms with Gasteiger partial charge in [-0.15, -0.1) is 0 Å². The number of aryl methyl sites for hydroxylation is 2. The van der Waals surface area contributed by atoms with E-state index in [1.54, 1.807) is 60.0 Å². The van der Waals surface area contributed by atoms with Crippen LogP contribution >= 0.6 is 0 Å². The van der Waals surface area contributed by atoms with Gasteiger partial charge in [-0.25, -0.2) is 4.52 Å². The molecule has 0 radical (unpaired) electrons. The zero-order valence-electron chi connectivity index (χ0n) is 22.6. The summed E-state index contributed by atoms with van der Waals surface area (Å²) < 4.78 is 13.7. The van der Waals surface area contributed by atoms with E-state index < -0.39 is 5.60 Å². The van der Waals surface area contributed by atoms with Crippen molar-refractivity contribution in [2.24, 2.45) is 0 Å². The first-order valence-electron chi connectivity index (χ1n) is 13.2. The third-order valence-electron chi connectivity index (χ3n) is 7.64. The minimum atomic E-state index is -0.961. The molecule has 6 rings (SSSR count). The van der Waals surface area contributed by atoms with Crippen molar-refractivity contribution in [2.45, 2.75) is 32.3 Å². The maximum absolute atomic E-state index is 13.6. The van der Waals surface area contributed by atoms with E-state index in [4.69, 9.17) is 9.15 Å². The highest BCUT2D eigenvalue weighted by molar-refractivity contribution is 6.07. The quantitative estimate of drug-likeness (QED) is 0.325. The van der Waals surface area contributed by atoms with Crippen molar-refractivity contribution < 1.29 is 23.8 Å². The van der Waals surface area contributed by atoms with E-state index in [2.05, 4.69) is 10.4 Å². The number of rotatable bonds is 6. The molecule has 9 heteroatoms. The Bertz CT molecular complexity index is 1760. The standard InChI is InChI=1S/C31H30N4O5/c1-19-24(30(37)34-14-12-31(38,18-34)16-21-7-5-4-6-8-21)17-35-28(19)25(11-13-33-35)40-22-9-10-23-26(15-22)39-20(2)27(23)29(36)32-3/h4-11,13,15,17,38H,12,14,16,18H2,1-3H3,(H,32,36)/t31-/m0/s1. The van der Waals surface area contributed by atoms with Crippen LogP contribution in [-0.2, 0) is 6.42 Å². The maximum Gasteiger partial charge on any atom is 0.255 e. The predicted octanol–water partition coefficient (Wildman–Crippen LogP) is 4.67. The number of amides is 2. The number of aliphatic hydroxyl groups is 1. The summed E-state index contributed by atoms with van der Waals surface area (Å²) in [7, 11) is 1.58. The van der Waals surface area contributed by atoms with E-state index in [0.29, 0.717) is 64.3 Å². The molecular formula is C31H30N4O5. The summed E-state index contributed by atoms with van der Waals surface area (Å²) in [6, 6.07) is 16.9. The molecule has 40 heavy (non-hydrogen) atoms. The lowest BCUT2D eigenvalue weighted by atomic mass is 9.94. The second kappa shape index (κ2) is 9.84. The average Bonchev–Trinajstić information content (AvgIpc) is 3.60. The summed E-state index contributed by atoms with van der Waals surface area (Å²) in [4.78, 5) is 27.6. The second-order valence-electron chi connectivity index (χ2n) is 10.4. The normalized spacial score (nSPS) is 17.1. The van der Waals surface area contributed by atoms with E-state index in [1.807, 2.05) is 37.3 Å². The van der Waals surface area contributed by atoms with Gasteiger partial charge in [0, 0.05) is 43.7 Å². The minimum absolute atomic E-state index is 0.146. The van der Waals surface area contributed by atoms with Crippen molar-refractivity contribution in [2.75, 3.05) is 20.1 Å².